The third-order valence-electron chi connectivity index (χ3n) is 6.30. The van der Waals surface area contributed by atoms with E-state index < -0.39 is 0 Å². The molecule has 0 unspecified atom stereocenters. The minimum atomic E-state index is 0.246. The maximum Gasteiger partial charge on any atom is 0.126 e. The molecule has 1 aromatic rings. The lowest BCUT2D eigenvalue weighted by Crippen LogP contribution is -2.52. The average molecular weight is 273 g/mol. The lowest BCUT2D eigenvalue weighted by molar-refractivity contribution is -0.0485. The highest BCUT2D eigenvalue weighted by atomic mass is 16.5. The predicted molar refractivity (Wildman–Crippen MR) is 76.1 cm³/mol. The number of nitrogens with two attached hydrogens (primary N) is 1. The zero-order valence-corrected chi connectivity index (χ0v) is 12.0. The molecule has 4 heteroatoms. The summed E-state index contributed by atoms with van der Waals surface area (Å²) in [5, 5.41) is 4.91. The van der Waals surface area contributed by atoms with E-state index >= 15 is 0 Å². The summed E-state index contributed by atoms with van der Waals surface area (Å²) in [6.07, 6.45) is 9.25. The number of nitrogens with zero attached hydrogens (tertiary/aromatic N) is 2. The van der Waals surface area contributed by atoms with Gasteiger partial charge in [-0.25, -0.2) is 4.68 Å². The van der Waals surface area contributed by atoms with Crippen molar-refractivity contribution in [3.63, 3.8) is 0 Å². The van der Waals surface area contributed by atoms with Gasteiger partial charge in [-0.3, -0.25) is 0 Å². The predicted octanol–water partition coefficient (Wildman–Crippen LogP) is 2.46. The number of ether oxygens (including phenoxy) is 1. The number of hydrogen-bond acceptors (Lipinski definition) is 3. The first-order valence-corrected chi connectivity index (χ1v) is 8.18. The van der Waals surface area contributed by atoms with Gasteiger partial charge in [0.25, 0.3) is 0 Å². The zero-order chi connectivity index (χ0) is 13.3. The number of anilines is 1. The van der Waals surface area contributed by atoms with Crippen molar-refractivity contribution >= 4 is 5.82 Å². The van der Waals surface area contributed by atoms with Crippen molar-refractivity contribution in [1.82, 2.24) is 9.78 Å². The number of hydrogen-bond donors (Lipinski definition) is 1. The Kier molecular flexibility index (Phi) is 2.20. The molecule has 5 aliphatic rings. The standard InChI is InChI=1S/C16H23N3O/c17-15-13-1-2-20-9-14(13)18-19(15)16-6-10-3-11(7-16)5-12(4-10)8-16/h10-12H,1-9,17H2. The van der Waals surface area contributed by atoms with Crippen LogP contribution in [0.15, 0.2) is 0 Å². The van der Waals surface area contributed by atoms with Crippen molar-refractivity contribution in [2.75, 3.05) is 12.3 Å². The Morgan fingerprint density at radius 3 is 2.35 bits per heavy atom. The van der Waals surface area contributed by atoms with Gasteiger partial charge in [-0.15, -0.1) is 0 Å². The molecule has 6 rings (SSSR count). The van der Waals surface area contributed by atoms with Crippen molar-refractivity contribution in [2.45, 2.75) is 57.1 Å². The van der Waals surface area contributed by atoms with Crippen LogP contribution >= 0.6 is 0 Å². The van der Waals surface area contributed by atoms with Crippen molar-refractivity contribution in [2.24, 2.45) is 17.8 Å². The molecule has 0 amide bonds. The Hall–Kier alpha value is -1.03. The van der Waals surface area contributed by atoms with Crippen molar-refractivity contribution < 1.29 is 4.74 Å². The van der Waals surface area contributed by atoms with E-state index in [1.807, 2.05) is 0 Å². The van der Waals surface area contributed by atoms with Crippen LogP contribution in [0.1, 0.15) is 49.8 Å². The molecule has 1 aromatic heterocycles. The molecular weight excluding hydrogens is 250 g/mol. The third kappa shape index (κ3) is 1.43. The van der Waals surface area contributed by atoms with Gasteiger partial charge < -0.3 is 10.5 Å². The molecule has 1 aliphatic heterocycles. The molecule has 4 saturated carbocycles. The van der Waals surface area contributed by atoms with E-state index in [2.05, 4.69) is 4.68 Å². The molecule has 4 aliphatic carbocycles. The number of fused-ring (bicyclic) bond motifs is 1. The lowest BCUT2D eigenvalue weighted by Gasteiger charge is -2.56. The Bertz CT molecular complexity index is 527. The molecular formula is C16H23N3O. The fourth-order valence-electron chi connectivity index (χ4n) is 5.93. The molecule has 0 spiro atoms. The highest BCUT2D eigenvalue weighted by Gasteiger charge is 2.53. The summed E-state index contributed by atoms with van der Waals surface area (Å²) in [6.45, 7) is 1.45. The molecule has 2 heterocycles. The fourth-order valence-corrected chi connectivity index (χ4v) is 5.93. The van der Waals surface area contributed by atoms with Crippen LogP contribution in [0, 0.1) is 17.8 Å². The maximum atomic E-state index is 6.49. The van der Waals surface area contributed by atoms with Crippen LogP contribution in [0.5, 0.6) is 0 Å². The fraction of sp³-hybridized carbons (Fsp3) is 0.812. The Morgan fingerprint density at radius 2 is 1.75 bits per heavy atom. The molecule has 0 atom stereocenters. The second-order valence-electron chi connectivity index (χ2n) is 7.67. The normalized spacial score (nSPS) is 41.9. The molecule has 4 bridgehead atoms. The van der Waals surface area contributed by atoms with E-state index in [-0.39, 0.29) is 5.54 Å². The Balaban J connectivity index is 1.61. The summed E-state index contributed by atoms with van der Waals surface area (Å²) in [4.78, 5) is 0. The quantitative estimate of drug-likeness (QED) is 0.855. The van der Waals surface area contributed by atoms with Crippen LogP contribution in [0.4, 0.5) is 5.82 Å². The van der Waals surface area contributed by atoms with E-state index in [9.17, 15) is 0 Å². The maximum absolute atomic E-state index is 6.49. The van der Waals surface area contributed by atoms with Crippen LogP contribution in [0.2, 0.25) is 0 Å². The highest BCUT2D eigenvalue weighted by molar-refractivity contribution is 5.45. The van der Waals surface area contributed by atoms with Crippen LogP contribution in [-0.4, -0.2) is 16.4 Å². The van der Waals surface area contributed by atoms with E-state index in [0.29, 0.717) is 6.61 Å². The first-order valence-electron chi connectivity index (χ1n) is 8.18. The molecule has 0 radical (unpaired) electrons. The van der Waals surface area contributed by atoms with Gasteiger partial charge in [0.05, 0.1) is 24.4 Å². The van der Waals surface area contributed by atoms with E-state index in [0.717, 1.165) is 42.3 Å². The van der Waals surface area contributed by atoms with Gasteiger partial charge in [-0.05, 0) is 56.3 Å². The monoisotopic (exact) mass is 273 g/mol. The van der Waals surface area contributed by atoms with E-state index in [1.54, 1.807) is 0 Å². The zero-order valence-electron chi connectivity index (χ0n) is 12.0. The second kappa shape index (κ2) is 3.79. The van der Waals surface area contributed by atoms with Crippen LogP contribution in [-0.2, 0) is 23.3 Å². The van der Waals surface area contributed by atoms with Gasteiger partial charge in [0.2, 0.25) is 0 Å². The Morgan fingerprint density at radius 1 is 1.10 bits per heavy atom. The Labute approximate surface area is 119 Å². The molecule has 108 valence electrons. The van der Waals surface area contributed by atoms with Crippen molar-refractivity contribution in [1.29, 1.82) is 0 Å². The van der Waals surface area contributed by atoms with Gasteiger partial charge in [0, 0.05) is 12.0 Å². The SMILES string of the molecule is Nc1c2c(nn1C13CC4CC(CC(C4)C1)C3)COCC2. The van der Waals surface area contributed by atoms with Crippen LogP contribution in [0.3, 0.4) is 0 Å². The first-order chi connectivity index (χ1) is 9.73. The average Bonchev–Trinajstić information content (AvgIpc) is 2.76. The lowest BCUT2D eigenvalue weighted by atomic mass is 9.53. The minimum Gasteiger partial charge on any atom is -0.384 e. The van der Waals surface area contributed by atoms with Gasteiger partial charge in [-0.1, -0.05) is 0 Å². The van der Waals surface area contributed by atoms with Crippen LogP contribution in [0.25, 0.3) is 0 Å². The van der Waals surface area contributed by atoms with Crippen LogP contribution < -0.4 is 5.73 Å². The summed E-state index contributed by atoms with van der Waals surface area (Å²) in [7, 11) is 0. The molecule has 2 N–H and O–H groups in total. The highest BCUT2D eigenvalue weighted by Crippen LogP contribution is 2.59. The molecule has 4 fully saturated rings. The number of nitrogen functional groups attached to an aromatic ring is 1. The largest absolute Gasteiger partial charge is 0.384 e. The van der Waals surface area contributed by atoms with E-state index in [4.69, 9.17) is 15.6 Å². The van der Waals surface area contributed by atoms with E-state index in [1.165, 1.54) is 44.1 Å². The number of aromatic nitrogens is 2. The minimum absolute atomic E-state index is 0.246. The van der Waals surface area contributed by atoms with Gasteiger partial charge >= 0.3 is 0 Å². The topological polar surface area (TPSA) is 53.1 Å². The molecule has 0 aromatic carbocycles. The van der Waals surface area contributed by atoms with Gasteiger partial charge in [0.1, 0.15) is 5.82 Å². The number of rotatable bonds is 1. The molecule has 4 nitrogen and oxygen atoms in total. The third-order valence-corrected chi connectivity index (χ3v) is 6.30. The second-order valence-corrected chi connectivity index (χ2v) is 7.67. The first kappa shape index (κ1) is 11.6. The van der Waals surface area contributed by atoms with Gasteiger partial charge in [-0.2, -0.15) is 5.10 Å². The molecule has 0 saturated heterocycles. The summed E-state index contributed by atoms with van der Waals surface area (Å²) < 4.78 is 7.80. The summed E-state index contributed by atoms with van der Waals surface area (Å²) in [5.74, 6) is 3.74. The smallest absolute Gasteiger partial charge is 0.126 e. The summed E-state index contributed by atoms with van der Waals surface area (Å²) in [5.41, 5.74) is 9.11. The molecule has 20 heavy (non-hydrogen) atoms. The van der Waals surface area contributed by atoms with Gasteiger partial charge in [0.15, 0.2) is 0 Å². The van der Waals surface area contributed by atoms with Crippen molar-refractivity contribution in [3.8, 4) is 0 Å². The summed E-state index contributed by atoms with van der Waals surface area (Å²) >= 11 is 0. The summed E-state index contributed by atoms with van der Waals surface area (Å²) in [6, 6.07) is 0. The van der Waals surface area contributed by atoms with Crippen molar-refractivity contribution in [3.05, 3.63) is 11.3 Å².